The molecule has 142 valence electrons. The summed E-state index contributed by atoms with van der Waals surface area (Å²) in [5, 5.41) is 0. The highest BCUT2D eigenvalue weighted by molar-refractivity contribution is 4.81. The van der Waals surface area contributed by atoms with E-state index in [1.807, 2.05) is 39.6 Å². The van der Waals surface area contributed by atoms with Gasteiger partial charge in [-0.25, -0.2) is 4.39 Å². The van der Waals surface area contributed by atoms with Crippen LogP contribution in [0, 0.1) is 0 Å². The zero-order valence-electron chi connectivity index (χ0n) is 17.5. The van der Waals surface area contributed by atoms with Gasteiger partial charge in [0.2, 0.25) is 0 Å². The van der Waals surface area contributed by atoms with Gasteiger partial charge in [-0.05, 0) is 67.0 Å². The molecule has 3 heteroatoms. The van der Waals surface area contributed by atoms with Gasteiger partial charge in [-0.2, -0.15) is 0 Å². The first-order valence-electron chi connectivity index (χ1n) is 10.0. The highest BCUT2D eigenvalue weighted by atomic mass is 19.1. The molecule has 2 aliphatic heterocycles. The van der Waals surface area contributed by atoms with E-state index < -0.39 is 6.17 Å². The van der Waals surface area contributed by atoms with Crippen molar-refractivity contribution < 1.29 is 4.39 Å². The van der Waals surface area contributed by atoms with Gasteiger partial charge < -0.3 is 4.90 Å². The van der Waals surface area contributed by atoms with Gasteiger partial charge in [0.15, 0.2) is 0 Å². The lowest BCUT2D eigenvalue weighted by Gasteiger charge is -2.41. The van der Waals surface area contributed by atoms with E-state index >= 15 is 0 Å². The van der Waals surface area contributed by atoms with Crippen LogP contribution in [0.3, 0.4) is 0 Å². The predicted octanol–water partition coefficient (Wildman–Crippen LogP) is 5.76. The lowest BCUT2D eigenvalue weighted by molar-refractivity contribution is 0.0705. The van der Waals surface area contributed by atoms with Crippen LogP contribution >= 0.6 is 0 Å². The van der Waals surface area contributed by atoms with Crippen molar-refractivity contribution in [1.29, 1.82) is 0 Å². The number of nitrogens with zero attached hydrogens (tertiary/aromatic N) is 2. The molecule has 2 heterocycles. The van der Waals surface area contributed by atoms with Crippen molar-refractivity contribution in [3.8, 4) is 0 Å². The molecule has 3 atom stereocenters. The molecule has 0 spiro atoms. The second-order valence-electron chi connectivity index (χ2n) is 6.67. The highest BCUT2D eigenvalue weighted by Crippen LogP contribution is 2.24. The van der Waals surface area contributed by atoms with E-state index in [2.05, 4.69) is 32.6 Å². The van der Waals surface area contributed by atoms with Crippen molar-refractivity contribution in [2.75, 3.05) is 20.1 Å². The standard InChI is InChI=1S/C10H21N.C6H12FN.2C2H6/c1-8(2)11-9(3)6-5-7-10(11)4;1-8-4-2-3-6(7)5-8;2*1-2/h8-10H,5-7H2,1-4H3;6H,2-5H2,1H3;2*1-2H3. The van der Waals surface area contributed by atoms with Crippen LogP contribution in [0.1, 0.15) is 87.5 Å². The number of likely N-dealkylation sites (tertiary alicyclic amines) is 2. The minimum Gasteiger partial charge on any atom is -0.303 e. The average molecular weight is 333 g/mol. The van der Waals surface area contributed by atoms with Gasteiger partial charge in [0.25, 0.3) is 0 Å². The van der Waals surface area contributed by atoms with Gasteiger partial charge >= 0.3 is 0 Å². The van der Waals surface area contributed by atoms with Gasteiger partial charge in [-0.3, -0.25) is 4.90 Å². The number of hydrogen-bond donors (Lipinski definition) is 0. The lowest BCUT2D eigenvalue weighted by Crippen LogP contribution is -2.47. The monoisotopic (exact) mass is 332 g/mol. The van der Waals surface area contributed by atoms with Crippen molar-refractivity contribution >= 4 is 0 Å². The van der Waals surface area contributed by atoms with Crippen molar-refractivity contribution in [3.63, 3.8) is 0 Å². The summed E-state index contributed by atoms with van der Waals surface area (Å²) in [7, 11) is 1.96. The van der Waals surface area contributed by atoms with Crippen LogP contribution in [0.5, 0.6) is 0 Å². The van der Waals surface area contributed by atoms with Gasteiger partial charge in [0.05, 0.1) is 0 Å². The second-order valence-corrected chi connectivity index (χ2v) is 6.67. The number of rotatable bonds is 1. The van der Waals surface area contributed by atoms with Gasteiger partial charge in [0, 0.05) is 24.7 Å². The Hall–Kier alpha value is -0.150. The summed E-state index contributed by atoms with van der Waals surface area (Å²) < 4.78 is 12.4. The summed E-state index contributed by atoms with van der Waals surface area (Å²) in [4.78, 5) is 4.68. The van der Waals surface area contributed by atoms with Crippen LogP contribution in [0.15, 0.2) is 0 Å². The maximum atomic E-state index is 12.4. The number of halogens is 1. The molecule has 2 fully saturated rings. The van der Waals surface area contributed by atoms with Crippen molar-refractivity contribution in [3.05, 3.63) is 0 Å². The Kier molecular flexibility index (Phi) is 16.8. The van der Waals surface area contributed by atoms with E-state index in [9.17, 15) is 4.39 Å². The molecule has 2 rings (SSSR count). The van der Waals surface area contributed by atoms with Crippen LogP contribution < -0.4 is 0 Å². The van der Waals surface area contributed by atoms with E-state index in [0.29, 0.717) is 6.54 Å². The molecular weight excluding hydrogens is 287 g/mol. The normalized spacial score (nSPS) is 28.6. The molecule has 0 amide bonds. The Bertz CT molecular complexity index is 228. The molecule has 0 aromatic heterocycles. The van der Waals surface area contributed by atoms with Crippen LogP contribution in [0.4, 0.5) is 4.39 Å². The number of hydrogen-bond acceptors (Lipinski definition) is 2. The van der Waals surface area contributed by atoms with Crippen LogP contribution in [-0.2, 0) is 0 Å². The van der Waals surface area contributed by atoms with E-state index in [1.165, 1.54) is 19.3 Å². The zero-order chi connectivity index (χ0) is 18.4. The van der Waals surface area contributed by atoms with Crippen molar-refractivity contribution in [2.45, 2.75) is 112 Å². The number of alkyl halides is 1. The van der Waals surface area contributed by atoms with Crippen LogP contribution in [0.25, 0.3) is 0 Å². The smallest absolute Gasteiger partial charge is 0.113 e. The molecule has 3 unspecified atom stereocenters. The molecule has 2 nitrogen and oxygen atoms in total. The Morgan fingerprint density at radius 3 is 1.61 bits per heavy atom. The minimum atomic E-state index is -0.561. The fourth-order valence-corrected chi connectivity index (χ4v) is 3.56. The molecule has 0 bridgehead atoms. The summed E-state index contributed by atoms with van der Waals surface area (Å²) in [5.41, 5.74) is 0. The number of piperidine rings is 2. The molecule has 0 aromatic carbocycles. The average Bonchev–Trinajstić information content (AvgIpc) is 2.51. The first kappa shape index (κ1) is 25.1. The Balaban J connectivity index is 0. The van der Waals surface area contributed by atoms with Gasteiger partial charge in [0.1, 0.15) is 6.17 Å². The molecular formula is C20H45FN2. The maximum absolute atomic E-state index is 12.4. The van der Waals surface area contributed by atoms with E-state index in [-0.39, 0.29) is 0 Å². The van der Waals surface area contributed by atoms with E-state index in [4.69, 9.17) is 0 Å². The second kappa shape index (κ2) is 15.4. The summed E-state index contributed by atoms with van der Waals surface area (Å²) in [6.45, 7) is 19.0. The summed E-state index contributed by atoms with van der Waals surface area (Å²) in [6.07, 6.45) is 5.44. The molecule has 2 aliphatic rings. The Morgan fingerprint density at radius 2 is 1.35 bits per heavy atom. The van der Waals surface area contributed by atoms with Gasteiger partial charge in [-0.1, -0.05) is 34.1 Å². The topological polar surface area (TPSA) is 6.48 Å². The summed E-state index contributed by atoms with van der Waals surface area (Å²) in [6, 6.07) is 2.33. The van der Waals surface area contributed by atoms with Crippen molar-refractivity contribution in [2.24, 2.45) is 0 Å². The lowest BCUT2D eigenvalue weighted by atomic mass is 9.96. The van der Waals surface area contributed by atoms with Gasteiger partial charge in [-0.15, -0.1) is 0 Å². The molecule has 2 saturated heterocycles. The van der Waals surface area contributed by atoms with Crippen LogP contribution in [-0.4, -0.2) is 54.2 Å². The fourth-order valence-electron chi connectivity index (χ4n) is 3.56. The third-order valence-corrected chi connectivity index (χ3v) is 4.42. The van der Waals surface area contributed by atoms with E-state index in [0.717, 1.165) is 37.5 Å². The molecule has 0 radical (unpaired) electrons. The summed E-state index contributed by atoms with van der Waals surface area (Å²) in [5.74, 6) is 0. The SMILES string of the molecule is CC.CC.CC(C)N1C(C)CCCC1C.CN1CCCC(F)C1. The Morgan fingerprint density at radius 1 is 0.870 bits per heavy atom. The third-order valence-electron chi connectivity index (χ3n) is 4.42. The molecule has 0 N–H and O–H groups in total. The highest BCUT2D eigenvalue weighted by Gasteiger charge is 2.26. The zero-order valence-corrected chi connectivity index (χ0v) is 17.5. The molecule has 0 aromatic rings. The fraction of sp³-hybridized carbons (Fsp3) is 1.00. The predicted molar refractivity (Wildman–Crippen MR) is 104 cm³/mol. The molecule has 0 aliphatic carbocycles. The largest absolute Gasteiger partial charge is 0.303 e. The third kappa shape index (κ3) is 11.1. The summed E-state index contributed by atoms with van der Waals surface area (Å²) >= 11 is 0. The van der Waals surface area contributed by atoms with Crippen LogP contribution in [0.2, 0.25) is 0 Å². The Labute approximate surface area is 146 Å². The minimum absolute atomic E-state index is 0.561. The first-order chi connectivity index (χ1) is 10.9. The first-order valence-corrected chi connectivity index (χ1v) is 10.0. The molecule has 0 saturated carbocycles. The quantitative estimate of drug-likeness (QED) is 0.602. The molecule has 23 heavy (non-hydrogen) atoms. The van der Waals surface area contributed by atoms with Crippen molar-refractivity contribution in [1.82, 2.24) is 9.80 Å². The van der Waals surface area contributed by atoms with E-state index in [1.54, 1.807) is 0 Å². The maximum Gasteiger partial charge on any atom is 0.113 e.